The molecule has 2 heterocycles. The molecule has 2 atom stereocenters. The van der Waals surface area contributed by atoms with E-state index in [1.165, 1.54) is 6.42 Å². The summed E-state index contributed by atoms with van der Waals surface area (Å²) in [6, 6.07) is 4.14. The Labute approximate surface area is 114 Å². The normalized spacial score (nSPS) is 22.1. The Bertz CT molecular complexity index is 391. The topological polar surface area (TPSA) is 57.5 Å². The highest BCUT2D eigenvalue weighted by Crippen LogP contribution is 2.13. The molecule has 0 spiro atoms. The zero-order chi connectivity index (χ0) is 13.7. The van der Waals surface area contributed by atoms with E-state index in [0.717, 1.165) is 25.3 Å². The second kappa shape index (κ2) is 6.73. The van der Waals surface area contributed by atoms with Crippen LogP contribution in [0.2, 0.25) is 0 Å². The maximum absolute atomic E-state index is 12.0. The van der Waals surface area contributed by atoms with E-state index in [1.807, 2.05) is 26.1 Å². The summed E-state index contributed by atoms with van der Waals surface area (Å²) in [6.07, 6.45) is 3.96. The van der Waals surface area contributed by atoms with E-state index in [2.05, 4.69) is 15.5 Å². The average Bonchev–Trinajstić information content (AvgIpc) is 2.92. The summed E-state index contributed by atoms with van der Waals surface area (Å²) in [5.41, 5.74) is 0. The molecule has 106 valence electrons. The van der Waals surface area contributed by atoms with E-state index in [1.54, 1.807) is 6.26 Å². The Kier molecular flexibility index (Phi) is 4.99. The first-order chi connectivity index (χ1) is 9.19. The highest BCUT2D eigenvalue weighted by molar-refractivity contribution is 5.78. The molecule has 2 N–H and O–H groups in total. The molecule has 1 amide bonds. The van der Waals surface area contributed by atoms with Crippen LogP contribution in [0.1, 0.15) is 31.6 Å². The Morgan fingerprint density at radius 2 is 2.47 bits per heavy atom. The van der Waals surface area contributed by atoms with Gasteiger partial charge in [-0.2, -0.15) is 0 Å². The molecule has 2 rings (SSSR count). The van der Waals surface area contributed by atoms with Crippen LogP contribution < -0.4 is 10.6 Å². The number of likely N-dealkylation sites (N-methyl/N-ethyl adjacent to an activating group) is 1. The van der Waals surface area contributed by atoms with Gasteiger partial charge in [0.2, 0.25) is 5.91 Å². The molecule has 0 aromatic carbocycles. The smallest absolute Gasteiger partial charge is 0.234 e. The first-order valence-corrected chi connectivity index (χ1v) is 6.91. The average molecular weight is 265 g/mol. The van der Waals surface area contributed by atoms with E-state index >= 15 is 0 Å². The molecular formula is C14H23N3O2. The summed E-state index contributed by atoms with van der Waals surface area (Å²) in [4.78, 5) is 14.2. The zero-order valence-corrected chi connectivity index (χ0v) is 11.7. The van der Waals surface area contributed by atoms with Gasteiger partial charge in [0, 0.05) is 12.6 Å². The number of furan rings is 1. The van der Waals surface area contributed by atoms with Gasteiger partial charge in [0.05, 0.1) is 18.8 Å². The van der Waals surface area contributed by atoms with Crippen molar-refractivity contribution in [3.8, 4) is 0 Å². The quantitative estimate of drug-likeness (QED) is 0.838. The van der Waals surface area contributed by atoms with Crippen LogP contribution in [0, 0.1) is 0 Å². The molecule has 0 aliphatic carbocycles. The molecule has 1 aromatic heterocycles. The summed E-state index contributed by atoms with van der Waals surface area (Å²) in [5.74, 6) is 0.848. The third kappa shape index (κ3) is 4.08. The molecule has 1 fully saturated rings. The molecule has 1 aliphatic rings. The van der Waals surface area contributed by atoms with Crippen molar-refractivity contribution in [2.24, 2.45) is 0 Å². The van der Waals surface area contributed by atoms with Gasteiger partial charge in [-0.3, -0.25) is 9.69 Å². The number of likely N-dealkylation sites (tertiary alicyclic amines) is 1. The Hall–Kier alpha value is -1.33. The summed E-state index contributed by atoms with van der Waals surface area (Å²) < 4.78 is 5.28. The predicted octanol–water partition coefficient (Wildman–Crippen LogP) is 1.14. The number of piperidine rings is 1. The number of carbonyl (C=O) groups is 1. The van der Waals surface area contributed by atoms with Gasteiger partial charge in [-0.05, 0) is 45.5 Å². The monoisotopic (exact) mass is 265 g/mol. The van der Waals surface area contributed by atoms with Crippen molar-refractivity contribution in [1.82, 2.24) is 15.5 Å². The molecule has 0 radical (unpaired) electrons. The van der Waals surface area contributed by atoms with Crippen molar-refractivity contribution in [2.45, 2.75) is 31.8 Å². The van der Waals surface area contributed by atoms with Crippen molar-refractivity contribution in [1.29, 1.82) is 0 Å². The lowest BCUT2D eigenvalue weighted by Gasteiger charge is -2.32. The maximum atomic E-state index is 12.0. The molecule has 5 heteroatoms. The van der Waals surface area contributed by atoms with E-state index < -0.39 is 0 Å². The lowest BCUT2D eigenvalue weighted by atomic mass is 10.1. The molecule has 1 saturated heterocycles. The van der Waals surface area contributed by atoms with Crippen LogP contribution >= 0.6 is 0 Å². The maximum Gasteiger partial charge on any atom is 0.234 e. The van der Waals surface area contributed by atoms with Crippen LogP contribution in [-0.4, -0.2) is 43.5 Å². The lowest BCUT2D eigenvalue weighted by molar-refractivity contribution is -0.123. The fourth-order valence-electron chi connectivity index (χ4n) is 2.53. The summed E-state index contributed by atoms with van der Waals surface area (Å²) >= 11 is 0. The van der Waals surface area contributed by atoms with Crippen LogP contribution in [0.4, 0.5) is 0 Å². The fraction of sp³-hybridized carbons (Fsp3) is 0.643. The molecular weight excluding hydrogens is 242 g/mol. The number of rotatable bonds is 5. The summed E-state index contributed by atoms with van der Waals surface area (Å²) in [6.45, 7) is 4.34. The zero-order valence-electron chi connectivity index (χ0n) is 11.7. The first kappa shape index (κ1) is 14.1. The van der Waals surface area contributed by atoms with Gasteiger partial charge in [0.1, 0.15) is 5.76 Å². The van der Waals surface area contributed by atoms with Crippen LogP contribution in [0.15, 0.2) is 22.8 Å². The predicted molar refractivity (Wildman–Crippen MR) is 73.8 cm³/mol. The van der Waals surface area contributed by atoms with Gasteiger partial charge in [-0.15, -0.1) is 0 Å². The van der Waals surface area contributed by atoms with Gasteiger partial charge < -0.3 is 15.1 Å². The number of nitrogens with one attached hydrogen (secondary N) is 2. The second-order valence-corrected chi connectivity index (χ2v) is 5.17. The third-order valence-corrected chi connectivity index (χ3v) is 3.63. The Morgan fingerprint density at radius 3 is 3.16 bits per heavy atom. The van der Waals surface area contributed by atoms with E-state index in [9.17, 15) is 4.79 Å². The fourth-order valence-corrected chi connectivity index (χ4v) is 2.53. The van der Waals surface area contributed by atoms with Gasteiger partial charge in [0.25, 0.3) is 0 Å². The van der Waals surface area contributed by atoms with Crippen LogP contribution in [0.25, 0.3) is 0 Å². The highest BCUT2D eigenvalue weighted by atomic mass is 16.3. The van der Waals surface area contributed by atoms with Crippen LogP contribution in [0.5, 0.6) is 0 Å². The standard InChI is InChI=1S/C14H23N3O2/c1-11(13-6-4-8-19-13)16-14(18)10-17-7-3-5-12(9-17)15-2/h4,6,8,11-12,15H,3,5,7,9-10H2,1-2H3,(H,16,18). The molecule has 1 aromatic rings. The number of hydrogen-bond donors (Lipinski definition) is 2. The number of hydrogen-bond acceptors (Lipinski definition) is 4. The van der Waals surface area contributed by atoms with Crippen LogP contribution in [-0.2, 0) is 4.79 Å². The minimum Gasteiger partial charge on any atom is -0.467 e. The van der Waals surface area contributed by atoms with Gasteiger partial charge in [0.15, 0.2) is 0 Å². The van der Waals surface area contributed by atoms with Crippen LogP contribution in [0.3, 0.4) is 0 Å². The lowest BCUT2D eigenvalue weighted by Crippen LogP contribution is -2.48. The largest absolute Gasteiger partial charge is 0.467 e. The van der Waals surface area contributed by atoms with E-state index in [0.29, 0.717) is 12.6 Å². The summed E-state index contributed by atoms with van der Waals surface area (Å²) in [7, 11) is 1.98. The molecule has 2 unspecified atom stereocenters. The molecule has 5 nitrogen and oxygen atoms in total. The first-order valence-electron chi connectivity index (χ1n) is 6.91. The van der Waals surface area contributed by atoms with Crippen molar-refractivity contribution >= 4 is 5.91 Å². The van der Waals surface area contributed by atoms with Crippen molar-refractivity contribution in [2.75, 3.05) is 26.7 Å². The van der Waals surface area contributed by atoms with Crippen molar-refractivity contribution in [3.05, 3.63) is 24.2 Å². The van der Waals surface area contributed by atoms with Crippen molar-refractivity contribution < 1.29 is 9.21 Å². The van der Waals surface area contributed by atoms with Gasteiger partial charge in [-0.1, -0.05) is 0 Å². The van der Waals surface area contributed by atoms with Gasteiger partial charge in [-0.25, -0.2) is 0 Å². The number of nitrogens with zero attached hydrogens (tertiary/aromatic N) is 1. The molecule has 19 heavy (non-hydrogen) atoms. The van der Waals surface area contributed by atoms with E-state index in [4.69, 9.17) is 4.42 Å². The molecule has 0 saturated carbocycles. The number of carbonyl (C=O) groups excluding carboxylic acids is 1. The minimum absolute atomic E-state index is 0.0562. The number of amides is 1. The Balaban J connectivity index is 1.77. The molecule has 0 bridgehead atoms. The Morgan fingerprint density at radius 1 is 1.63 bits per heavy atom. The summed E-state index contributed by atoms with van der Waals surface area (Å²) in [5, 5.41) is 6.25. The highest BCUT2D eigenvalue weighted by Gasteiger charge is 2.21. The van der Waals surface area contributed by atoms with E-state index in [-0.39, 0.29) is 11.9 Å². The minimum atomic E-state index is -0.0765. The third-order valence-electron chi connectivity index (χ3n) is 3.63. The second-order valence-electron chi connectivity index (χ2n) is 5.17. The SMILES string of the molecule is CNC1CCCN(CC(=O)NC(C)c2ccco2)C1. The van der Waals surface area contributed by atoms with Crippen molar-refractivity contribution in [3.63, 3.8) is 0 Å². The molecule has 1 aliphatic heterocycles. The van der Waals surface area contributed by atoms with Gasteiger partial charge >= 0.3 is 0 Å².